The lowest BCUT2D eigenvalue weighted by atomic mass is 9.95. The van der Waals surface area contributed by atoms with Crippen molar-refractivity contribution in [2.45, 2.75) is 51.6 Å². The van der Waals surface area contributed by atoms with E-state index in [-0.39, 0.29) is 6.61 Å². The molecule has 0 saturated heterocycles. The third kappa shape index (κ3) is 5.75. The van der Waals surface area contributed by atoms with E-state index < -0.39 is 5.97 Å². The zero-order chi connectivity index (χ0) is 16.5. The van der Waals surface area contributed by atoms with Crippen LogP contribution >= 0.6 is 0 Å². The van der Waals surface area contributed by atoms with Crippen LogP contribution in [0.25, 0.3) is 0 Å². The van der Waals surface area contributed by atoms with E-state index in [4.69, 9.17) is 9.47 Å². The maximum Gasteiger partial charge on any atom is 0.343 e. The first kappa shape index (κ1) is 17.6. The van der Waals surface area contributed by atoms with E-state index in [0.717, 1.165) is 12.6 Å². The molecular formula is C18H28NO4+. The molecule has 23 heavy (non-hydrogen) atoms. The van der Waals surface area contributed by atoms with Gasteiger partial charge in [0.15, 0.2) is 18.1 Å². The van der Waals surface area contributed by atoms with Crippen molar-refractivity contribution in [3.63, 3.8) is 0 Å². The average molecular weight is 322 g/mol. The molecule has 0 atom stereocenters. The van der Waals surface area contributed by atoms with E-state index in [9.17, 15) is 4.79 Å². The molecule has 0 spiro atoms. The Balaban J connectivity index is 1.95. The number of nitrogens with two attached hydrogens (primary N) is 1. The van der Waals surface area contributed by atoms with Crippen molar-refractivity contribution in [2.24, 2.45) is 0 Å². The quantitative estimate of drug-likeness (QED) is 0.744. The van der Waals surface area contributed by atoms with Gasteiger partial charge in [0.25, 0.3) is 0 Å². The largest absolute Gasteiger partial charge is 0.490 e. The molecule has 1 aromatic carbocycles. The molecule has 0 amide bonds. The molecule has 0 aromatic heterocycles. The van der Waals surface area contributed by atoms with Gasteiger partial charge >= 0.3 is 5.97 Å². The molecule has 128 valence electrons. The summed E-state index contributed by atoms with van der Waals surface area (Å²) < 4.78 is 15.7. The SMILES string of the molecule is CCOc1cc(C[NH2+]C2CCCCC2)ccc1OCC(=O)OC. The number of hydrogen-bond acceptors (Lipinski definition) is 4. The lowest BCUT2D eigenvalue weighted by Gasteiger charge is -2.20. The predicted molar refractivity (Wildman–Crippen MR) is 87.6 cm³/mol. The third-order valence-corrected chi connectivity index (χ3v) is 4.22. The summed E-state index contributed by atoms with van der Waals surface area (Å²) in [5.41, 5.74) is 1.21. The van der Waals surface area contributed by atoms with Gasteiger partial charge in [0.1, 0.15) is 6.54 Å². The molecule has 0 bridgehead atoms. The smallest absolute Gasteiger partial charge is 0.343 e. The zero-order valence-electron chi connectivity index (χ0n) is 14.2. The fourth-order valence-corrected chi connectivity index (χ4v) is 2.94. The average Bonchev–Trinajstić information content (AvgIpc) is 2.60. The minimum atomic E-state index is -0.401. The maximum absolute atomic E-state index is 11.2. The Kier molecular flexibility index (Phi) is 7.20. The van der Waals surface area contributed by atoms with Crippen LogP contribution in [0.3, 0.4) is 0 Å². The van der Waals surface area contributed by atoms with Crippen LogP contribution in [0, 0.1) is 0 Å². The lowest BCUT2D eigenvalue weighted by Crippen LogP contribution is -2.88. The van der Waals surface area contributed by atoms with Crippen molar-refractivity contribution in [3.05, 3.63) is 23.8 Å². The summed E-state index contributed by atoms with van der Waals surface area (Å²) in [5, 5.41) is 2.43. The molecule has 1 aromatic rings. The normalized spacial score (nSPS) is 15.2. The van der Waals surface area contributed by atoms with Gasteiger partial charge in [-0.25, -0.2) is 4.79 Å². The van der Waals surface area contributed by atoms with Crippen LogP contribution < -0.4 is 14.8 Å². The zero-order valence-corrected chi connectivity index (χ0v) is 14.2. The molecule has 1 aliphatic rings. The van der Waals surface area contributed by atoms with Crippen LogP contribution in [-0.2, 0) is 16.1 Å². The van der Waals surface area contributed by atoms with Crippen molar-refractivity contribution in [3.8, 4) is 11.5 Å². The summed E-state index contributed by atoms with van der Waals surface area (Å²) in [5.74, 6) is 0.867. The van der Waals surface area contributed by atoms with E-state index in [1.54, 1.807) is 0 Å². The van der Waals surface area contributed by atoms with Crippen LogP contribution in [-0.4, -0.2) is 32.3 Å². The van der Waals surface area contributed by atoms with Gasteiger partial charge in [-0.2, -0.15) is 0 Å². The summed E-state index contributed by atoms with van der Waals surface area (Å²) in [6.07, 6.45) is 6.72. The molecule has 5 nitrogen and oxygen atoms in total. The van der Waals surface area contributed by atoms with Gasteiger partial charge in [0, 0.05) is 5.56 Å². The fourth-order valence-electron chi connectivity index (χ4n) is 2.94. The highest BCUT2D eigenvalue weighted by molar-refractivity contribution is 5.71. The molecule has 5 heteroatoms. The highest BCUT2D eigenvalue weighted by atomic mass is 16.6. The summed E-state index contributed by atoms with van der Waals surface area (Å²) >= 11 is 0. The van der Waals surface area contributed by atoms with Crippen molar-refractivity contribution in [1.82, 2.24) is 0 Å². The molecule has 0 radical (unpaired) electrons. The summed E-state index contributed by atoms with van der Waals surface area (Å²) in [7, 11) is 1.35. The van der Waals surface area contributed by atoms with E-state index in [2.05, 4.69) is 10.1 Å². The number of benzene rings is 1. The van der Waals surface area contributed by atoms with Crippen molar-refractivity contribution >= 4 is 5.97 Å². The Morgan fingerprint density at radius 1 is 1.17 bits per heavy atom. The van der Waals surface area contributed by atoms with E-state index in [1.807, 2.05) is 25.1 Å². The molecule has 0 aliphatic heterocycles. The van der Waals surface area contributed by atoms with Crippen LogP contribution in [0.5, 0.6) is 11.5 Å². The van der Waals surface area contributed by atoms with E-state index in [1.165, 1.54) is 44.8 Å². The minimum absolute atomic E-state index is 0.107. The Morgan fingerprint density at radius 3 is 2.65 bits per heavy atom. The van der Waals surface area contributed by atoms with Gasteiger partial charge in [-0.05, 0) is 50.8 Å². The second-order valence-electron chi connectivity index (χ2n) is 5.92. The number of carbonyl (C=O) groups excluding carboxylic acids is 1. The molecular weight excluding hydrogens is 294 g/mol. The van der Waals surface area contributed by atoms with Crippen LogP contribution in [0.2, 0.25) is 0 Å². The Morgan fingerprint density at radius 2 is 1.96 bits per heavy atom. The Labute approximate surface area is 138 Å². The van der Waals surface area contributed by atoms with Gasteiger partial charge in [-0.1, -0.05) is 6.42 Å². The second kappa shape index (κ2) is 9.40. The van der Waals surface area contributed by atoms with Crippen molar-refractivity contribution in [2.75, 3.05) is 20.3 Å². The minimum Gasteiger partial charge on any atom is -0.490 e. The number of hydrogen-bond donors (Lipinski definition) is 1. The highest BCUT2D eigenvalue weighted by Crippen LogP contribution is 2.28. The van der Waals surface area contributed by atoms with Gasteiger partial charge in [0.2, 0.25) is 0 Å². The molecule has 0 heterocycles. The number of esters is 1. The van der Waals surface area contributed by atoms with Crippen LogP contribution in [0.1, 0.15) is 44.6 Å². The van der Waals surface area contributed by atoms with Gasteiger partial charge < -0.3 is 19.5 Å². The number of carbonyl (C=O) groups is 1. The first-order chi connectivity index (χ1) is 11.2. The standard InChI is InChI=1S/C18H27NO4/c1-3-22-17-11-14(12-19-15-7-5-4-6-8-15)9-10-16(17)23-13-18(20)21-2/h9-11,15,19H,3-8,12-13H2,1-2H3/p+1. The summed E-state index contributed by atoms with van der Waals surface area (Å²) in [6.45, 7) is 3.33. The van der Waals surface area contributed by atoms with Gasteiger partial charge in [-0.15, -0.1) is 0 Å². The molecule has 1 fully saturated rings. The summed E-state index contributed by atoms with van der Waals surface area (Å²) in [6, 6.07) is 6.66. The number of rotatable bonds is 8. The van der Waals surface area contributed by atoms with Gasteiger partial charge in [0.05, 0.1) is 19.8 Å². The van der Waals surface area contributed by atoms with Crippen molar-refractivity contribution < 1.29 is 24.3 Å². The molecule has 1 saturated carbocycles. The maximum atomic E-state index is 11.2. The van der Waals surface area contributed by atoms with Crippen molar-refractivity contribution in [1.29, 1.82) is 0 Å². The highest BCUT2D eigenvalue weighted by Gasteiger charge is 2.16. The van der Waals surface area contributed by atoms with Gasteiger partial charge in [-0.3, -0.25) is 0 Å². The Hall–Kier alpha value is -1.75. The predicted octanol–water partition coefficient (Wildman–Crippen LogP) is 2.03. The molecule has 2 N–H and O–H groups in total. The monoisotopic (exact) mass is 322 g/mol. The Bertz CT molecular complexity index is 498. The summed E-state index contributed by atoms with van der Waals surface area (Å²) in [4.78, 5) is 11.2. The first-order valence-corrected chi connectivity index (χ1v) is 8.51. The molecule has 0 unspecified atom stereocenters. The lowest BCUT2D eigenvalue weighted by molar-refractivity contribution is -0.706. The number of ether oxygens (including phenoxy) is 3. The van der Waals surface area contributed by atoms with E-state index >= 15 is 0 Å². The number of quaternary nitrogens is 1. The van der Waals surface area contributed by atoms with Crippen LogP contribution in [0.4, 0.5) is 0 Å². The topological polar surface area (TPSA) is 61.4 Å². The van der Waals surface area contributed by atoms with Crippen LogP contribution in [0.15, 0.2) is 18.2 Å². The van der Waals surface area contributed by atoms with E-state index in [0.29, 0.717) is 18.1 Å². The fraction of sp³-hybridized carbons (Fsp3) is 0.611. The molecule has 1 aliphatic carbocycles. The third-order valence-electron chi connectivity index (χ3n) is 4.22. The molecule has 2 rings (SSSR count). The first-order valence-electron chi connectivity index (χ1n) is 8.51. The number of methoxy groups -OCH3 is 1. The second-order valence-corrected chi connectivity index (χ2v) is 5.92.